The molecule has 0 bridgehead atoms. The van der Waals surface area contributed by atoms with E-state index >= 15 is 0 Å². The quantitative estimate of drug-likeness (QED) is 0.786. The van der Waals surface area contributed by atoms with E-state index in [9.17, 15) is 8.42 Å². The van der Waals surface area contributed by atoms with E-state index in [0.29, 0.717) is 19.1 Å². The third-order valence-corrected chi connectivity index (χ3v) is 3.69. The van der Waals surface area contributed by atoms with Crippen molar-refractivity contribution in [2.75, 3.05) is 12.4 Å². The molecule has 1 aromatic rings. The minimum Gasteiger partial charge on any atom is -0.490 e. The molecule has 1 heterocycles. The van der Waals surface area contributed by atoms with E-state index in [4.69, 9.17) is 9.88 Å². The maximum Gasteiger partial charge on any atom is 0.209 e. The highest BCUT2D eigenvalue weighted by molar-refractivity contribution is 7.89. The molecule has 0 saturated heterocycles. The molecule has 0 aromatic carbocycles. The summed E-state index contributed by atoms with van der Waals surface area (Å²) in [7, 11) is -3.36. The van der Waals surface area contributed by atoms with Crippen molar-refractivity contribution in [3.8, 4) is 5.75 Å². The molecule has 0 spiro atoms. The fourth-order valence-electron chi connectivity index (χ4n) is 1.57. The third-order valence-electron chi connectivity index (χ3n) is 2.88. The second-order valence-corrected chi connectivity index (χ2v) is 6.88. The van der Waals surface area contributed by atoms with Crippen LogP contribution in [0.15, 0.2) is 12.4 Å². The fraction of sp³-hybridized carbons (Fsp3) is 0.750. The van der Waals surface area contributed by atoms with Crippen molar-refractivity contribution in [2.45, 2.75) is 39.7 Å². The highest BCUT2D eigenvalue weighted by Crippen LogP contribution is 2.14. The Morgan fingerprint density at radius 3 is 2.58 bits per heavy atom. The topological polar surface area (TPSA) is 87.2 Å². The molecule has 1 rings (SSSR count). The van der Waals surface area contributed by atoms with Crippen LogP contribution in [0.2, 0.25) is 0 Å². The minimum absolute atomic E-state index is 0.0272. The van der Waals surface area contributed by atoms with Gasteiger partial charge in [-0.3, -0.25) is 4.68 Å². The molecule has 0 aliphatic rings. The monoisotopic (exact) mass is 289 g/mol. The second kappa shape index (κ2) is 6.91. The number of hydrogen-bond donors (Lipinski definition) is 1. The molecule has 110 valence electrons. The van der Waals surface area contributed by atoms with E-state index in [2.05, 4.69) is 5.10 Å². The van der Waals surface area contributed by atoms with Gasteiger partial charge >= 0.3 is 0 Å². The van der Waals surface area contributed by atoms with Crippen molar-refractivity contribution >= 4 is 10.0 Å². The zero-order valence-corrected chi connectivity index (χ0v) is 12.6. The molecule has 0 amide bonds. The number of sulfonamides is 1. The summed E-state index contributed by atoms with van der Waals surface area (Å²) in [6, 6.07) is 0.311. The van der Waals surface area contributed by atoms with E-state index in [0.717, 1.165) is 12.2 Å². The Kier molecular flexibility index (Phi) is 5.81. The largest absolute Gasteiger partial charge is 0.490 e. The SMILES string of the molecule is CC(CCOc1cnn(C(C)C)c1)CCS(N)(=O)=O. The zero-order chi connectivity index (χ0) is 14.5. The van der Waals surface area contributed by atoms with Crippen molar-refractivity contribution < 1.29 is 13.2 Å². The molecule has 6 nitrogen and oxygen atoms in total. The van der Waals surface area contributed by atoms with Crippen LogP contribution in [-0.4, -0.2) is 30.6 Å². The van der Waals surface area contributed by atoms with Crippen LogP contribution in [0, 0.1) is 5.92 Å². The summed E-state index contributed by atoms with van der Waals surface area (Å²) in [5.74, 6) is 1.03. The van der Waals surface area contributed by atoms with Gasteiger partial charge in [0.25, 0.3) is 0 Å². The van der Waals surface area contributed by atoms with Crippen LogP contribution in [0.3, 0.4) is 0 Å². The predicted molar refractivity (Wildman–Crippen MR) is 74.5 cm³/mol. The summed E-state index contributed by atoms with van der Waals surface area (Å²) in [6.45, 7) is 6.64. The van der Waals surface area contributed by atoms with Gasteiger partial charge in [-0.05, 0) is 32.6 Å². The summed E-state index contributed by atoms with van der Waals surface area (Å²) >= 11 is 0. The molecule has 0 saturated carbocycles. The van der Waals surface area contributed by atoms with Crippen LogP contribution in [0.4, 0.5) is 0 Å². The Hall–Kier alpha value is -1.08. The number of rotatable bonds is 8. The van der Waals surface area contributed by atoms with Gasteiger partial charge in [0.2, 0.25) is 10.0 Å². The normalized spacial score (nSPS) is 13.7. The maximum absolute atomic E-state index is 10.8. The van der Waals surface area contributed by atoms with Gasteiger partial charge in [-0.1, -0.05) is 6.92 Å². The van der Waals surface area contributed by atoms with Crippen LogP contribution in [0.1, 0.15) is 39.7 Å². The molecule has 19 heavy (non-hydrogen) atoms. The Morgan fingerprint density at radius 2 is 2.05 bits per heavy atom. The van der Waals surface area contributed by atoms with Gasteiger partial charge in [-0.2, -0.15) is 5.10 Å². The lowest BCUT2D eigenvalue weighted by Gasteiger charge is -2.10. The van der Waals surface area contributed by atoms with Gasteiger partial charge in [-0.25, -0.2) is 13.6 Å². The summed E-state index contributed by atoms with van der Waals surface area (Å²) in [5.41, 5.74) is 0. The molecule has 0 fully saturated rings. The van der Waals surface area contributed by atoms with Crippen LogP contribution in [-0.2, 0) is 10.0 Å². The van der Waals surface area contributed by atoms with E-state index in [1.165, 1.54) is 0 Å². The maximum atomic E-state index is 10.8. The molecule has 1 unspecified atom stereocenters. The van der Waals surface area contributed by atoms with Crippen LogP contribution < -0.4 is 9.88 Å². The van der Waals surface area contributed by atoms with Crippen molar-refractivity contribution in [3.05, 3.63) is 12.4 Å². The Labute approximate surface area is 115 Å². The minimum atomic E-state index is -3.36. The number of aromatic nitrogens is 2. The molecule has 2 N–H and O–H groups in total. The number of nitrogens with zero attached hydrogens (tertiary/aromatic N) is 2. The van der Waals surface area contributed by atoms with Gasteiger partial charge in [-0.15, -0.1) is 0 Å². The Bertz CT molecular complexity index is 482. The standard InChI is InChI=1S/C12H23N3O3S/c1-10(2)15-9-12(8-14-15)18-6-4-11(3)5-7-19(13,16)17/h8-11H,4-7H2,1-3H3,(H2,13,16,17). The molecule has 0 aliphatic heterocycles. The average molecular weight is 289 g/mol. The highest BCUT2D eigenvalue weighted by atomic mass is 32.2. The summed E-state index contributed by atoms with van der Waals surface area (Å²) in [5, 5.41) is 9.14. The van der Waals surface area contributed by atoms with Gasteiger partial charge < -0.3 is 4.74 Å². The van der Waals surface area contributed by atoms with Gasteiger partial charge in [0.05, 0.1) is 24.8 Å². The first kappa shape index (κ1) is 16.0. The first-order valence-electron chi connectivity index (χ1n) is 6.45. The van der Waals surface area contributed by atoms with Crippen molar-refractivity contribution in [1.29, 1.82) is 0 Å². The predicted octanol–water partition coefficient (Wildman–Crippen LogP) is 1.55. The van der Waals surface area contributed by atoms with Gasteiger partial charge in [0.15, 0.2) is 5.75 Å². The number of primary sulfonamides is 1. The van der Waals surface area contributed by atoms with E-state index in [-0.39, 0.29) is 11.7 Å². The fourth-order valence-corrected chi connectivity index (χ4v) is 2.30. The number of ether oxygens (including phenoxy) is 1. The summed E-state index contributed by atoms with van der Waals surface area (Å²) < 4.78 is 29.1. The Morgan fingerprint density at radius 1 is 1.37 bits per heavy atom. The van der Waals surface area contributed by atoms with Gasteiger partial charge in [0, 0.05) is 6.04 Å². The lowest BCUT2D eigenvalue weighted by atomic mass is 10.1. The summed E-state index contributed by atoms with van der Waals surface area (Å²) in [4.78, 5) is 0. The zero-order valence-electron chi connectivity index (χ0n) is 11.7. The van der Waals surface area contributed by atoms with Crippen LogP contribution in [0.25, 0.3) is 0 Å². The smallest absolute Gasteiger partial charge is 0.209 e. The molecular formula is C12H23N3O3S. The molecular weight excluding hydrogens is 266 g/mol. The molecule has 0 aliphatic carbocycles. The average Bonchev–Trinajstić information content (AvgIpc) is 2.74. The second-order valence-electron chi connectivity index (χ2n) is 5.15. The lowest BCUT2D eigenvalue weighted by Crippen LogP contribution is -2.18. The van der Waals surface area contributed by atoms with Crippen LogP contribution in [0.5, 0.6) is 5.75 Å². The number of hydrogen-bond acceptors (Lipinski definition) is 4. The van der Waals surface area contributed by atoms with E-state index in [1.807, 2.05) is 31.6 Å². The molecule has 1 atom stereocenters. The Balaban J connectivity index is 2.25. The molecule has 1 aromatic heterocycles. The van der Waals surface area contributed by atoms with Gasteiger partial charge in [0.1, 0.15) is 0 Å². The third kappa shape index (κ3) is 6.58. The number of nitrogens with two attached hydrogens (primary N) is 1. The molecule has 7 heteroatoms. The first-order valence-corrected chi connectivity index (χ1v) is 8.17. The van der Waals surface area contributed by atoms with Crippen molar-refractivity contribution in [1.82, 2.24) is 9.78 Å². The van der Waals surface area contributed by atoms with E-state index < -0.39 is 10.0 Å². The molecule has 0 radical (unpaired) electrons. The highest BCUT2D eigenvalue weighted by Gasteiger charge is 2.09. The van der Waals surface area contributed by atoms with Crippen molar-refractivity contribution in [3.63, 3.8) is 0 Å². The van der Waals surface area contributed by atoms with E-state index in [1.54, 1.807) is 6.20 Å². The van der Waals surface area contributed by atoms with Crippen molar-refractivity contribution in [2.24, 2.45) is 11.1 Å². The summed E-state index contributed by atoms with van der Waals surface area (Å²) in [6.07, 6.45) is 4.91. The van der Waals surface area contributed by atoms with Crippen LogP contribution >= 0.6 is 0 Å². The first-order chi connectivity index (χ1) is 8.78. The lowest BCUT2D eigenvalue weighted by molar-refractivity contribution is 0.281.